The van der Waals surface area contributed by atoms with Crippen molar-refractivity contribution >= 4 is 11.8 Å². The van der Waals surface area contributed by atoms with Crippen LogP contribution in [0.5, 0.6) is 5.75 Å². The third-order valence-electron chi connectivity index (χ3n) is 7.30. The molecule has 0 spiro atoms. The average Bonchev–Trinajstić information content (AvgIpc) is 3.48. The van der Waals surface area contributed by atoms with Crippen molar-refractivity contribution in [3.63, 3.8) is 0 Å². The summed E-state index contributed by atoms with van der Waals surface area (Å²) in [5.74, 6) is -0.228. The van der Waals surface area contributed by atoms with Crippen LogP contribution in [0.4, 0.5) is 13.2 Å². The summed E-state index contributed by atoms with van der Waals surface area (Å²) < 4.78 is 53.1. The number of amides is 2. The highest BCUT2D eigenvalue weighted by molar-refractivity contribution is 5.96. The molecule has 0 atom stereocenters. The van der Waals surface area contributed by atoms with Crippen molar-refractivity contribution in [2.75, 3.05) is 33.4 Å². The van der Waals surface area contributed by atoms with Gasteiger partial charge in [-0.25, -0.2) is 0 Å². The fraction of sp³-hybridized carbons (Fsp3) is 0.314. The van der Waals surface area contributed by atoms with E-state index in [0.29, 0.717) is 26.2 Å². The van der Waals surface area contributed by atoms with E-state index in [0.717, 1.165) is 34.7 Å². The maximum absolute atomic E-state index is 14.0. The zero-order chi connectivity index (χ0) is 32.2. The van der Waals surface area contributed by atoms with Crippen molar-refractivity contribution in [2.45, 2.75) is 39.2 Å². The summed E-state index contributed by atoms with van der Waals surface area (Å²) in [6.45, 7) is 3.63. The second-order valence-electron chi connectivity index (χ2n) is 10.6. The molecule has 0 fully saturated rings. The fourth-order valence-corrected chi connectivity index (χ4v) is 4.97. The topological polar surface area (TPSA) is 64.0 Å². The maximum Gasteiger partial charge on any atom is 0.416 e. The van der Waals surface area contributed by atoms with Gasteiger partial charge >= 0.3 is 6.18 Å². The summed E-state index contributed by atoms with van der Waals surface area (Å²) in [6.07, 6.45) is -2.23. The number of hydrogen-bond donors (Lipinski definition) is 0. The molecule has 0 aliphatic heterocycles. The van der Waals surface area contributed by atoms with Gasteiger partial charge < -0.3 is 23.8 Å². The second kappa shape index (κ2) is 15.9. The van der Waals surface area contributed by atoms with Crippen LogP contribution < -0.4 is 4.74 Å². The van der Waals surface area contributed by atoms with E-state index in [1.807, 2.05) is 84.4 Å². The standard InChI is InChI=1S/C35H38F3N3O4/c1-3-45-20-10-19-40(34(43)29-14-8-15-30(22-29)35(36,37)38)26-33(42)41(23-27-11-5-4-6-12-27)25-31-16-9-18-39(31)24-28-13-7-17-32(21-28)44-2/h4-9,11-18,21-22H,3,10,19-20,23-26H2,1-2H3. The molecule has 0 unspecified atom stereocenters. The third kappa shape index (κ3) is 9.71. The van der Waals surface area contributed by atoms with Crippen LogP contribution in [0, 0.1) is 0 Å². The summed E-state index contributed by atoms with van der Waals surface area (Å²) >= 11 is 0. The summed E-state index contributed by atoms with van der Waals surface area (Å²) in [5, 5.41) is 0. The van der Waals surface area contributed by atoms with Gasteiger partial charge in [0.2, 0.25) is 5.91 Å². The Morgan fingerprint density at radius 2 is 1.60 bits per heavy atom. The first kappa shape index (κ1) is 33.3. The Balaban J connectivity index is 1.59. The number of carbonyl (C=O) groups excluding carboxylic acids is 2. The van der Waals surface area contributed by atoms with E-state index in [2.05, 4.69) is 0 Å². The van der Waals surface area contributed by atoms with Crippen LogP contribution in [0.15, 0.2) is 97.2 Å². The molecule has 3 aromatic carbocycles. The van der Waals surface area contributed by atoms with Crippen LogP contribution >= 0.6 is 0 Å². The number of nitrogens with zero attached hydrogens (tertiary/aromatic N) is 3. The number of ether oxygens (including phenoxy) is 2. The smallest absolute Gasteiger partial charge is 0.416 e. The molecule has 7 nitrogen and oxygen atoms in total. The number of benzene rings is 3. The van der Waals surface area contributed by atoms with Gasteiger partial charge in [0.25, 0.3) is 5.91 Å². The molecule has 0 radical (unpaired) electrons. The molecule has 4 aromatic rings. The summed E-state index contributed by atoms with van der Waals surface area (Å²) in [4.78, 5) is 30.5. The predicted octanol–water partition coefficient (Wildman–Crippen LogP) is 6.66. The first-order valence-electron chi connectivity index (χ1n) is 14.8. The predicted molar refractivity (Wildman–Crippen MR) is 166 cm³/mol. The van der Waals surface area contributed by atoms with Crippen molar-refractivity contribution in [1.29, 1.82) is 0 Å². The van der Waals surface area contributed by atoms with Crippen LogP contribution in [0.25, 0.3) is 0 Å². The molecule has 0 saturated heterocycles. The monoisotopic (exact) mass is 621 g/mol. The van der Waals surface area contributed by atoms with Crippen molar-refractivity contribution in [2.24, 2.45) is 0 Å². The van der Waals surface area contributed by atoms with Gasteiger partial charge in [0, 0.05) is 50.3 Å². The largest absolute Gasteiger partial charge is 0.497 e. The molecule has 0 aliphatic carbocycles. The Bertz CT molecular complexity index is 1540. The van der Waals surface area contributed by atoms with Crippen LogP contribution in [-0.2, 0) is 35.3 Å². The van der Waals surface area contributed by atoms with E-state index in [1.54, 1.807) is 12.0 Å². The highest BCUT2D eigenvalue weighted by atomic mass is 19.4. The lowest BCUT2D eigenvalue weighted by Gasteiger charge is -2.28. The summed E-state index contributed by atoms with van der Waals surface area (Å²) in [5.41, 5.74) is 1.77. The Morgan fingerprint density at radius 1 is 0.844 bits per heavy atom. The van der Waals surface area contributed by atoms with Gasteiger partial charge in [0.1, 0.15) is 12.3 Å². The molecule has 45 heavy (non-hydrogen) atoms. The number of hydrogen-bond acceptors (Lipinski definition) is 4. The Morgan fingerprint density at radius 3 is 2.33 bits per heavy atom. The fourth-order valence-electron chi connectivity index (χ4n) is 4.97. The first-order chi connectivity index (χ1) is 21.7. The molecule has 238 valence electrons. The van der Waals surface area contributed by atoms with E-state index in [1.165, 1.54) is 17.0 Å². The van der Waals surface area contributed by atoms with Crippen LogP contribution in [0.3, 0.4) is 0 Å². The molecule has 2 amide bonds. The van der Waals surface area contributed by atoms with Gasteiger partial charge in [-0.05, 0) is 66.9 Å². The van der Waals surface area contributed by atoms with E-state index in [-0.39, 0.29) is 37.6 Å². The minimum Gasteiger partial charge on any atom is -0.497 e. The summed E-state index contributed by atoms with van der Waals surface area (Å²) in [7, 11) is 1.62. The highest BCUT2D eigenvalue weighted by Gasteiger charge is 2.32. The molecule has 1 heterocycles. The van der Waals surface area contributed by atoms with Gasteiger partial charge in [-0.1, -0.05) is 48.5 Å². The minimum absolute atomic E-state index is 0.129. The highest BCUT2D eigenvalue weighted by Crippen LogP contribution is 2.30. The normalized spacial score (nSPS) is 11.3. The van der Waals surface area contributed by atoms with E-state index >= 15 is 0 Å². The second-order valence-corrected chi connectivity index (χ2v) is 10.6. The van der Waals surface area contributed by atoms with Gasteiger partial charge in [-0.15, -0.1) is 0 Å². The van der Waals surface area contributed by atoms with Crippen LogP contribution in [-0.4, -0.2) is 59.6 Å². The zero-order valence-corrected chi connectivity index (χ0v) is 25.5. The molecular formula is C35H38F3N3O4. The number of rotatable bonds is 15. The SMILES string of the molecule is CCOCCCN(CC(=O)N(Cc1ccccc1)Cc1cccn1Cc1cccc(OC)c1)C(=O)c1cccc(C(F)(F)F)c1. The van der Waals surface area contributed by atoms with Gasteiger partial charge in [-0.2, -0.15) is 13.2 Å². The molecule has 0 aliphatic rings. The summed E-state index contributed by atoms with van der Waals surface area (Å²) in [6, 6.07) is 25.4. The Labute approximate surface area is 261 Å². The van der Waals surface area contributed by atoms with Crippen LogP contribution in [0.2, 0.25) is 0 Å². The van der Waals surface area contributed by atoms with E-state index in [9.17, 15) is 22.8 Å². The lowest BCUT2D eigenvalue weighted by Crippen LogP contribution is -2.43. The molecule has 10 heteroatoms. The number of aromatic nitrogens is 1. The number of carbonyl (C=O) groups is 2. The van der Waals surface area contributed by atoms with Gasteiger partial charge in [0.05, 0.1) is 19.2 Å². The minimum atomic E-state index is -4.60. The quantitative estimate of drug-likeness (QED) is 0.139. The van der Waals surface area contributed by atoms with Gasteiger partial charge in [-0.3, -0.25) is 9.59 Å². The van der Waals surface area contributed by atoms with Crippen molar-refractivity contribution < 1.29 is 32.2 Å². The number of methoxy groups -OCH3 is 1. The lowest BCUT2D eigenvalue weighted by molar-refractivity contribution is -0.137. The molecular weight excluding hydrogens is 583 g/mol. The number of alkyl halides is 3. The molecule has 4 rings (SSSR count). The van der Waals surface area contributed by atoms with Crippen LogP contribution in [0.1, 0.15) is 46.1 Å². The maximum atomic E-state index is 14.0. The van der Waals surface area contributed by atoms with Crippen molar-refractivity contribution in [1.82, 2.24) is 14.4 Å². The lowest BCUT2D eigenvalue weighted by atomic mass is 10.1. The van der Waals surface area contributed by atoms with E-state index in [4.69, 9.17) is 9.47 Å². The Kier molecular flexibility index (Phi) is 11.8. The van der Waals surface area contributed by atoms with Crippen molar-refractivity contribution in [3.05, 3.63) is 125 Å². The molecule has 0 saturated carbocycles. The molecule has 0 N–H and O–H groups in total. The number of halogens is 3. The Hall–Kier alpha value is -4.57. The molecule has 1 aromatic heterocycles. The third-order valence-corrected chi connectivity index (χ3v) is 7.30. The first-order valence-corrected chi connectivity index (χ1v) is 14.8. The zero-order valence-electron chi connectivity index (χ0n) is 25.5. The average molecular weight is 622 g/mol. The van der Waals surface area contributed by atoms with Crippen molar-refractivity contribution in [3.8, 4) is 5.75 Å². The molecule has 0 bridgehead atoms. The van der Waals surface area contributed by atoms with E-state index < -0.39 is 17.6 Å². The van der Waals surface area contributed by atoms with Gasteiger partial charge in [0.15, 0.2) is 0 Å².